The van der Waals surface area contributed by atoms with Crippen LogP contribution in [0.3, 0.4) is 0 Å². The van der Waals surface area contributed by atoms with E-state index in [1.807, 2.05) is 0 Å². The minimum atomic E-state index is -1.01. The summed E-state index contributed by atoms with van der Waals surface area (Å²) in [4.78, 5) is 12.5. The van der Waals surface area contributed by atoms with Gasteiger partial charge in [-0.1, -0.05) is 0 Å². The number of hydrogen-bond acceptors (Lipinski definition) is 3. The molecule has 0 N–H and O–H groups in total. The van der Waals surface area contributed by atoms with Crippen LogP contribution in [0.15, 0.2) is 12.1 Å². The molecule has 0 radical (unpaired) electrons. The van der Waals surface area contributed by atoms with Crippen molar-refractivity contribution in [3.05, 3.63) is 29.1 Å². The van der Waals surface area contributed by atoms with Crippen molar-refractivity contribution in [2.24, 2.45) is 17.8 Å². The summed E-state index contributed by atoms with van der Waals surface area (Å²) in [5, 5.41) is 0. The Kier molecular flexibility index (Phi) is 4.28. The number of alkyl halides is 1. The lowest BCUT2D eigenvalue weighted by molar-refractivity contribution is -0.134. The third-order valence-corrected chi connectivity index (χ3v) is 7.11. The van der Waals surface area contributed by atoms with E-state index in [1.165, 1.54) is 6.07 Å². The average molecular weight is 404 g/mol. The number of carbonyl (C=O) groups excluding carboxylic acids is 1. The molecule has 0 amide bonds. The van der Waals surface area contributed by atoms with E-state index in [9.17, 15) is 13.6 Å². The molecule has 5 aliphatic rings. The molecule has 6 rings (SSSR count). The molecule has 5 heteroatoms. The van der Waals surface area contributed by atoms with Crippen LogP contribution in [0.1, 0.15) is 87.6 Å². The highest BCUT2D eigenvalue weighted by atomic mass is 19.1. The molecular weight excluding hydrogens is 374 g/mol. The Morgan fingerprint density at radius 1 is 1.10 bits per heavy atom. The molecule has 0 aliphatic heterocycles. The zero-order valence-electron chi connectivity index (χ0n) is 17.5. The first-order valence-electron chi connectivity index (χ1n) is 11.0. The fraction of sp³-hybridized carbons (Fsp3) is 0.708. The standard InChI is InChI=1S/C24H30F2O3/c1-23(2,3)29-22(27)18-8-17(14-4-5-14)20(9-19(18)25)28-21-15-6-13-7-16(21)12-24(26,10-13)11-15/h8-9,13-16,21H,4-7,10-12H2,1-3H3/t13?,15-,16-,21?,24?/m0/s1. The lowest BCUT2D eigenvalue weighted by Gasteiger charge is -2.56. The zero-order valence-corrected chi connectivity index (χ0v) is 17.5. The Hall–Kier alpha value is -1.65. The molecule has 5 fully saturated rings. The molecular formula is C24H30F2O3. The summed E-state index contributed by atoms with van der Waals surface area (Å²) in [6.45, 7) is 5.31. The van der Waals surface area contributed by atoms with Crippen molar-refractivity contribution < 1.29 is 23.0 Å². The SMILES string of the molecule is CC(C)(C)OC(=O)c1cc(C2CC2)c(OC2[C@H]3CC4C[C@H]2CC(F)(C4)C3)cc1F. The van der Waals surface area contributed by atoms with E-state index >= 15 is 0 Å². The Bertz CT molecular complexity index is 823. The Morgan fingerprint density at radius 3 is 2.31 bits per heavy atom. The molecule has 0 aromatic heterocycles. The third kappa shape index (κ3) is 3.66. The van der Waals surface area contributed by atoms with Crippen LogP contribution in [0, 0.1) is 23.6 Å². The van der Waals surface area contributed by atoms with Gasteiger partial charge in [-0.25, -0.2) is 13.6 Å². The van der Waals surface area contributed by atoms with Gasteiger partial charge in [-0.2, -0.15) is 0 Å². The van der Waals surface area contributed by atoms with Crippen LogP contribution in [-0.4, -0.2) is 23.3 Å². The molecule has 0 spiro atoms. The van der Waals surface area contributed by atoms with Crippen molar-refractivity contribution in [1.29, 1.82) is 0 Å². The Labute approximate surface area is 171 Å². The highest BCUT2D eigenvalue weighted by molar-refractivity contribution is 5.90. The fourth-order valence-electron chi connectivity index (χ4n) is 6.09. The lowest BCUT2D eigenvalue weighted by atomic mass is 9.53. The quantitative estimate of drug-likeness (QED) is 0.582. The zero-order chi connectivity index (χ0) is 20.6. The van der Waals surface area contributed by atoms with Crippen molar-refractivity contribution in [3.63, 3.8) is 0 Å². The molecule has 158 valence electrons. The van der Waals surface area contributed by atoms with Gasteiger partial charge in [-0.3, -0.25) is 0 Å². The number of carbonyl (C=O) groups is 1. The van der Waals surface area contributed by atoms with Crippen LogP contribution >= 0.6 is 0 Å². The van der Waals surface area contributed by atoms with Crippen molar-refractivity contribution in [3.8, 4) is 5.75 Å². The molecule has 4 bridgehead atoms. The molecule has 0 heterocycles. The molecule has 3 nitrogen and oxygen atoms in total. The van der Waals surface area contributed by atoms with Crippen LogP contribution < -0.4 is 4.74 Å². The number of rotatable bonds is 4. The third-order valence-electron chi connectivity index (χ3n) is 7.11. The van der Waals surface area contributed by atoms with Gasteiger partial charge in [0.05, 0.1) is 5.56 Å². The predicted octanol–water partition coefficient (Wildman–Crippen LogP) is 5.95. The van der Waals surface area contributed by atoms with E-state index in [1.54, 1.807) is 26.8 Å². The van der Waals surface area contributed by atoms with Crippen molar-refractivity contribution in [2.45, 2.75) is 89.0 Å². The van der Waals surface area contributed by atoms with Crippen molar-refractivity contribution in [1.82, 2.24) is 0 Å². The van der Waals surface area contributed by atoms with Gasteiger partial charge in [0.1, 0.15) is 28.9 Å². The molecule has 1 aromatic carbocycles. The topological polar surface area (TPSA) is 35.5 Å². The fourth-order valence-corrected chi connectivity index (χ4v) is 6.09. The first kappa shape index (κ1) is 19.3. The van der Waals surface area contributed by atoms with Crippen LogP contribution in [0.2, 0.25) is 0 Å². The van der Waals surface area contributed by atoms with Gasteiger partial charge in [0, 0.05) is 6.07 Å². The number of benzene rings is 1. The summed E-state index contributed by atoms with van der Waals surface area (Å²) in [6, 6.07) is 2.99. The summed E-state index contributed by atoms with van der Waals surface area (Å²) in [5.41, 5.74) is -0.819. The number of esters is 1. The van der Waals surface area contributed by atoms with Gasteiger partial charge in [0.25, 0.3) is 0 Å². The highest BCUT2D eigenvalue weighted by Crippen LogP contribution is 2.58. The highest BCUT2D eigenvalue weighted by Gasteiger charge is 2.57. The van der Waals surface area contributed by atoms with E-state index in [2.05, 4.69) is 0 Å². The van der Waals surface area contributed by atoms with Crippen molar-refractivity contribution in [2.75, 3.05) is 0 Å². The number of halogens is 2. The smallest absolute Gasteiger partial charge is 0.341 e. The molecule has 0 unspecified atom stereocenters. The molecule has 29 heavy (non-hydrogen) atoms. The predicted molar refractivity (Wildman–Crippen MR) is 105 cm³/mol. The van der Waals surface area contributed by atoms with E-state index in [0.717, 1.165) is 31.2 Å². The second kappa shape index (κ2) is 6.42. The number of hydrogen-bond donors (Lipinski definition) is 0. The molecule has 2 atom stereocenters. The summed E-state index contributed by atoms with van der Waals surface area (Å²) in [7, 11) is 0. The van der Waals surface area contributed by atoms with Gasteiger partial charge in [-0.15, -0.1) is 0 Å². The van der Waals surface area contributed by atoms with Crippen LogP contribution in [0.5, 0.6) is 5.75 Å². The number of ether oxygens (including phenoxy) is 2. The monoisotopic (exact) mass is 404 g/mol. The first-order valence-corrected chi connectivity index (χ1v) is 11.0. The second-order valence-electron chi connectivity index (χ2n) is 10.8. The minimum absolute atomic E-state index is 0.0260. The van der Waals surface area contributed by atoms with E-state index in [4.69, 9.17) is 9.47 Å². The maximum absolute atomic E-state index is 15.0. The molecule has 5 saturated carbocycles. The van der Waals surface area contributed by atoms with Crippen molar-refractivity contribution >= 4 is 5.97 Å². The van der Waals surface area contributed by atoms with Crippen LogP contribution in [0.4, 0.5) is 8.78 Å². The maximum Gasteiger partial charge on any atom is 0.341 e. The normalized spacial score (nSPS) is 35.6. The van der Waals surface area contributed by atoms with Gasteiger partial charge < -0.3 is 9.47 Å². The van der Waals surface area contributed by atoms with E-state index in [-0.39, 0.29) is 23.5 Å². The summed E-state index contributed by atoms with van der Waals surface area (Å²) in [6.07, 6.45) is 5.88. The van der Waals surface area contributed by atoms with Crippen LogP contribution in [-0.2, 0) is 4.74 Å². The van der Waals surface area contributed by atoms with Gasteiger partial charge in [0.15, 0.2) is 0 Å². The first-order chi connectivity index (χ1) is 13.6. The van der Waals surface area contributed by atoms with E-state index in [0.29, 0.717) is 36.8 Å². The molecule has 1 aromatic rings. The largest absolute Gasteiger partial charge is 0.489 e. The maximum atomic E-state index is 15.0. The average Bonchev–Trinajstić information content (AvgIpc) is 3.40. The lowest BCUT2D eigenvalue weighted by Crippen LogP contribution is -2.56. The Balaban J connectivity index is 1.42. The Morgan fingerprint density at radius 2 is 1.76 bits per heavy atom. The minimum Gasteiger partial charge on any atom is -0.489 e. The van der Waals surface area contributed by atoms with E-state index < -0.39 is 23.1 Å². The summed E-state index contributed by atoms with van der Waals surface area (Å²) < 4.78 is 41.7. The molecule has 5 aliphatic carbocycles. The van der Waals surface area contributed by atoms with Gasteiger partial charge in [-0.05, 0) is 101 Å². The second-order valence-corrected chi connectivity index (χ2v) is 10.8. The van der Waals surface area contributed by atoms with Gasteiger partial charge >= 0.3 is 5.97 Å². The van der Waals surface area contributed by atoms with Gasteiger partial charge in [0.2, 0.25) is 0 Å². The van der Waals surface area contributed by atoms with Crippen LogP contribution in [0.25, 0.3) is 0 Å². The molecule has 0 saturated heterocycles. The summed E-state index contributed by atoms with van der Waals surface area (Å²) in [5.74, 6) is 0.506. The summed E-state index contributed by atoms with van der Waals surface area (Å²) >= 11 is 0.